The van der Waals surface area contributed by atoms with Crippen molar-refractivity contribution in [2.75, 3.05) is 7.11 Å². The molecule has 0 saturated heterocycles. The van der Waals surface area contributed by atoms with Gasteiger partial charge in [0, 0.05) is 16.7 Å². The summed E-state index contributed by atoms with van der Waals surface area (Å²) in [5.74, 6) is 0.993. The van der Waals surface area contributed by atoms with Gasteiger partial charge in [0.1, 0.15) is 11.5 Å². The van der Waals surface area contributed by atoms with E-state index in [1.54, 1.807) is 37.5 Å². The summed E-state index contributed by atoms with van der Waals surface area (Å²) in [6, 6.07) is 11.0. The Morgan fingerprint density at radius 3 is 1.81 bits per heavy atom. The quantitative estimate of drug-likeness (QED) is 0.542. The van der Waals surface area contributed by atoms with Gasteiger partial charge in [0.15, 0.2) is 5.78 Å². The lowest BCUT2D eigenvalue weighted by atomic mass is 9.78. The molecule has 0 aliphatic rings. The van der Waals surface area contributed by atoms with Crippen LogP contribution in [-0.4, -0.2) is 18.0 Å². The number of methoxy groups -OCH3 is 1. The molecule has 0 spiro atoms. The highest BCUT2D eigenvalue weighted by Gasteiger charge is 2.26. The Kier molecular flexibility index (Phi) is 5.84. The summed E-state index contributed by atoms with van der Waals surface area (Å²) in [6.07, 6.45) is 3.39. The molecule has 0 unspecified atom stereocenters. The number of phenolic OH excluding ortho intramolecular Hbond substituents is 1. The summed E-state index contributed by atoms with van der Waals surface area (Å²) in [6.45, 7) is 12.4. The number of hydrogen-bond acceptors (Lipinski definition) is 3. The van der Waals surface area contributed by atoms with E-state index >= 15 is 0 Å². The number of ketones is 1. The van der Waals surface area contributed by atoms with E-state index in [1.165, 1.54) is 0 Å². The summed E-state index contributed by atoms with van der Waals surface area (Å²) < 4.78 is 5.13. The largest absolute Gasteiger partial charge is 0.507 e. The molecule has 0 fully saturated rings. The number of hydrogen-bond donors (Lipinski definition) is 1. The normalized spacial score (nSPS) is 12.4. The molecule has 0 amide bonds. The molecule has 0 aliphatic carbocycles. The average Bonchev–Trinajstić information content (AvgIpc) is 2.58. The Bertz CT molecular complexity index is 810. The van der Waals surface area contributed by atoms with E-state index in [9.17, 15) is 9.90 Å². The van der Waals surface area contributed by atoms with Crippen LogP contribution < -0.4 is 4.74 Å². The third kappa shape index (κ3) is 5.00. The van der Waals surface area contributed by atoms with Gasteiger partial charge in [-0.3, -0.25) is 4.79 Å². The number of ether oxygens (including phenoxy) is 1. The summed E-state index contributed by atoms with van der Waals surface area (Å²) in [5, 5.41) is 10.8. The van der Waals surface area contributed by atoms with Crippen LogP contribution in [0.3, 0.4) is 0 Å². The number of carbonyl (C=O) groups is 1. The third-order valence-electron chi connectivity index (χ3n) is 4.55. The fourth-order valence-electron chi connectivity index (χ4n) is 2.92. The fourth-order valence-corrected chi connectivity index (χ4v) is 2.92. The van der Waals surface area contributed by atoms with Crippen LogP contribution >= 0.6 is 0 Å². The van der Waals surface area contributed by atoms with Crippen LogP contribution in [0.1, 0.15) is 68.6 Å². The topological polar surface area (TPSA) is 46.5 Å². The van der Waals surface area contributed by atoms with E-state index in [0.29, 0.717) is 11.3 Å². The number of allylic oxidation sites excluding steroid dienone is 1. The van der Waals surface area contributed by atoms with Crippen LogP contribution in [0, 0.1) is 0 Å². The lowest BCUT2D eigenvalue weighted by Gasteiger charge is -2.27. The van der Waals surface area contributed by atoms with Gasteiger partial charge in [-0.15, -0.1) is 0 Å². The maximum Gasteiger partial charge on any atom is 0.185 e. The van der Waals surface area contributed by atoms with Crippen molar-refractivity contribution < 1.29 is 14.6 Å². The molecule has 0 bridgehead atoms. The molecule has 0 saturated carbocycles. The highest BCUT2D eigenvalue weighted by Crippen LogP contribution is 2.40. The first-order valence-electron chi connectivity index (χ1n) is 9.18. The molecule has 0 radical (unpaired) electrons. The predicted molar refractivity (Wildman–Crippen MR) is 112 cm³/mol. The van der Waals surface area contributed by atoms with Gasteiger partial charge in [-0.25, -0.2) is 0 Å². The van der Waals surface area contributed by atoms with E-state index in [0.717, 1.165) is 22.4 Å². The summed E-state index contributed by atoms with van der Waals surface area (Å²) in [5.41, 5.74) is 2.88. The van der Waals surface area contributed by atoms with Crippen LogP contribution in [0.25, 0.3) is 6.08 Å². The molecule has 0 aromatic heterocycles. The van der Waals surface area contributed by atoms with Crippen molar-refractivity contribution in [3.8, 4) is 11.5 Å². The number of phenols is 1. The van der Waals surface area contributed by atoms with Crippen molar-refractivity contribution in [2.45, 2.75) is 52.4 Å². The smallest absolute Gasteiger partial charge is 0.185 e. The van der Waals surface area contributed by atoms with Gasteiger partial charge < -0.3 is 9.84 Å². The Balaban J connectivity index is 2.42. The second-order valence-corrected chi connectivity index (χ2v) is 8.89. The van der Waals surface area contributed by atoms with Crippen molar-refractivity contribution in [3.63, 3.8) is 0 Å². The minimum Gasteiger partial charge on any atom is -0.507 e. The molecule has 2 rings (SSSR count). The van der Waals surface area contributed by atoms with Crippen LogP contribution in [0.5, 0.6) is 11.5 Å². The number of benzene rings is 2. The van der Waals surface area contributed by atoms with Gasteiger partial charge in [-0.05, 0) is 58.9 Å². The van der Waals surface area contributed by atoms with E-state index in [-0.39, 0.29) is 16.6 Å². The van der Waals surface area contributed by atoms with Crippen LogP contribution in [0.15, 0.2) is 42.5 Å². The standard InChI is InChI=1S/C24H30O3/c1-23(2,3)19-14-16(15-20(22(19)26)24(4,5)6)8-13-21(25)17-9-11-18(27-7)12-10-17/h8-15,26H,1-7H3/b13-8-. The lowest BCUT2D eigenvalue weighted by molar-refractivity contribution is 0.104. The zero-order valence-electron chi connectivity index (χ0n) is 17.4. The van der Waals surface area contributed by atoms with Crippen LogP contribution in [0.2, 0.25) is 0 Å². The van der Waals surface area contributed by atoms with Gasteiger partial charge in [0.25, 0.3) is 0 Å². The van der Waals surface area contributed by atoms with E-state index < -0.39 is 0 Å². The highest BCUT2D eigenvalue weighted by molar-refractivity contribution is 6.06. The van der Waals surface area contributed by atoms with Crippen molar-refractivity contribution in [2.24, 2.45) is 0 Å². The summed E-state index contributed by atoms with van der Waals surface area (Å²) in [4.78, 5) is 12.5. The molecule has 144 valence electrons. The molecule has 2 aromatic rings. The first kappa shape index (κ1) is 20.8. The third-order valence-corrected chi connectivity index (χ3v) is 4.55. The SMILES string of the molecule is COc1ccc(C(=O)/C=C\c2cc(C(C)(C)C)c(O)c(C(C)(C)C)c2)cc1. The Morgan fingerprint density at radius 2 is 1.41 bits per heavy atom. The maximum atomic E-state index is 12.5. The van der Waals surface area contributed by atoms with Gasteiger partial charge in [0.2, 0.25) is 0 Å². The molecular weight excluding hydrogens is 336 g/mol. The number of rotatable bonds is 4. The van der Waals surface area contributed by atoms with Crippen LogP contribution in [-0.2, 0) is 10.8 Å². The molecule has 3 nitrogen and oxygen atoms in total. The van der Waals surface area contributed by atoms with Crippen molar-refractivity contribution >= 4 is 11.9 Å². The van der Waals surface area contributed by atoms with Crippen molar-refractivity contribution in [1.29, 1.82) is 0 Å². The molecular formula is C24H30O3. The molecule has 2 aromatic carbocycles. The summed E-state index contributed by atoms with van der Waals surface area (Å²) >= 11 is 0. The van der Waals surface area contributed by atoms with E-state index in [1.807, 2.05) is 18.2 Å². The minimum atomic E-state index is -0.200. The molecule has 1 N–H and O–H groups in total. The highest BCUT2D eigenvalue weighted by atomic mass is 16.5. The first-order chi connectivity index (χ1) is 12.4. The van der Waals surface area contributed by atoms with Crippen molar-refractivity contribution in [1.82, 2.24) is 0 Å². The summed E-state index contributed by atoms with van der Waals surface area (Å²) in [7, 11) is 1.60. The van der Waals surface area contributed by atoms with Gasteiger partial charge in [-0.1, -0.05) is 47.6 Å². The predicted octanol–water partition coefficient (Wildman–Crippen LogP) is 5.89. The van der Waals surface area contributed by atoms with Gasteiger partial charge >= 0.3 is 0 Å². The zero-order chi connectivity index (χ0) is 20.4. The fraction of sp³-hybridized carbons (Fsp3) is 0.375. The second kappa shape index (κ2) is 7.59. The Hall–Kier alpha value is -2.55. The van der Waals surface area contributed by atoms with Gasteiger partial charge in [-0.2, -0.15) is 0 Å². The Morgan fingerprint density at radius 1 is 0.926 bits per heavy atom. The molecule has 0 heterocycles. The lowest BCUT2D eigenvalue weighted by Crippen LogP contribution is -2.17. The van der Waals surface area contributed by atoms with Gasteiger partial charge in [0.05, 0.1) is 7.11 Å². The molecule has 0 atom stereocenters. The van der Waals surface area contributed by atoms with Crippen LogP contribution in [0.4, 0.5) is 0 Å². The zero-order valence-corrected chi connectivity index (χ0v) is 17.4. The van der Waals surface area contributed by atoms with E-state index in [4.69, 9.17) is 4.74 Å². The molecule has 3 heteroatoms. The monoisotopic (exact) mass is 366 g/mol. The number of aromatic hydroxyl groups is 1. The molecule has 0 aliphatic heterocycles. The Labute approximate surface area is 162 Å². The molecule has 27 heavy (non-hydrogen) atoms. The maximum absolute atomic E-state index is 12.5. The first-order valence-corrected chi connectivity index (χ1v) is 9.18. The second-order valence-electron chi connectivity index (χ2n) is 8.89. The minimum absolute atomic E-state index is 0.0691. The van der Waals surface area contributed by atoms with Crippen molar-refractivity contribution in [3.05, 3.63) is 64.7 Å². The average molecular weight is 367 g/mol. The van der Waals surface area contributed by atoms with E-state index in [2.05, 4.69) is 41.5 Å². The number of carbonyl (C=O) groups excluding carboxylic acids is 1.